The van der Waals surface area contributed by atoms with Crippen molar-refractivity contribution >= 4 is 5.91 Å². The molecule has 0 radical (unpaired) electrons. The molecule has 3 heteroatoms. The molecule has 4 rings (SSSR count). The number of amides is 1. The van der Waals surface area contributed by atoms with E-state index in [1.165, 1.54) is 57.8 Å². The Bertz CT molecular complexity index is 632. The zero-order valence-corrected chi connectivity index (χ0v) is 20.2. The third-order valence-electron chi connectivity index (χ3n) is 11.1. The van der Waals surface area contributed by atoms with E-state index >= 15 is 0 Å². The Balaban J connectivity index is 1.53. The summed E-state index contributed by atoms with van der Waals surface area (Å²) in [5, 5.41) is 0. The monoisotopic (exact) mass is 402 g/mol. The highest BCUT2D eigenvalue weighted by Crippen LogP contribution is 2.68. The molecule has 0 aromatic heterocycles. The van der Waals surface area contributed by atoms with E-state index in [1.807, 2.05) is 11.9 Å². The van der Waals surface area contributed by atoms with Crippen molar-refractivity contribution in [2.45, 2.75) is 97.6 Å². The molecule has 166 valence electrons. The third kappa shape index (κ3) is 3.29. The Morgan fingerprint density at radius 2 is 1.55 bits per heavy atom. The summed E-state index contributed by atoms with van der Waals surface area (Å²) in [7, 11) is 6.58. The van der Waals surface area contributed by atoms with E-state index in [9.17, 15) is 4.79 Å². The van der Waals surface area contributed by atoms with Crippen molar-refractivity contribution in [1.29, 1.82) is 0 Å². The van der Waals surface area contributed by atoms with E-state index in [2.05, 4.69) is 39.8 Å². The number of hydrogen-bond acceptors (Lipinski definition) is 2. The second kappa shape index (κ2) is 7.53. The summed E-state index contributed by atoms with van der Waals surface area (Å²) in [5.41, 5.74) is 1.02. The van der Waals surface area contributed by atoms with Crippen LogP contribution in [0.5, 0.6) is 0 Å². The van der Waals surface area contributed by atoms with E-state index in [0.717, 1.165) is 29.7 Å². The fourth-order valence-corrected chi connectivity index (χ4v) is 9.09. The maximum atomic E-state index is 12.0. The molecule has 0 aliphatic heterocycles. The molecule has 29 heavy (non-hydrogen) atoms. The molecule has 0 heterocycles. The van der Waals surface area contributed by atoms with E-state index < -0.39 is 0 Å². The van der Waals surface area contributed by atoms with Crippen molar-refractivity contribution in [3.8, 4) is 0 Å². The van der Waals surface area contributed by atoms with Crippen LogP contribution in [0.4, 0.5) is 0 Å². The second-order valence-electron chi connectivity index (χ2n) is 12.1. The molecule has 0 spiro atoms. The summed E-state index contributed by atoms with van der Waals surface area (Å²) in [6, 6.07) is 1.18. The highest BCUT2D eigenvalue weighted by atomic mass is 16.2. The van der Waals surface area contributed by atoms with Crippen molar-refractivity contribution in [2.75, 3.05) is 21.1 Å². The summed E-state index contributed by atoms with van der Waals surface area (Å²) >= 11 is 0. The molecule has 4 aliphatic carbocycles. The van der Waals surface area contributed by atoms with Gasteiger partial charge in [0.25, 0.3) is 0 Å². The van der Waals surface area contributed by atoms with Gasteiger partial charge in [-0.1, -0.05) is 13.8 Å². The van der Waals surface area contributed by atoms with Crippen LogP contribution in [-0.4, -0.2) is 48.9 Å². The van der Waals surface area contributed by atoms with Gasteiger partial charge in [-0.05, 0) is 119 Å². The average molecular weight is 403 g/mol. The molecule has 1 amide bonds. The van der Waals surface area contributed by atoms with Gasteiger partial charge in [0.05, 0.1) is 0 Å². The molecule has 0 bridgehead atoms. The van der Waals surface area contributed by atoms with E-state index in [1.54, 1.807) is 6.92 Å². The van der Waals surface area contributed by atoms with Crippen LogP contribution in [0.3, 0.4) is 0 Å². The minimum atomic E-state index is 0.226. The van der Waals surface area contributed by atoms with Gasteiger partial charge in [0.15, 0.2) is 0 Å². The molecule has 0 aromatic rings. The first-order valence-electron chi connectivity index (χ1n) is 12.5. The molecule has 0 saturated heterocycles. The molecule has 4 saturated carbocycles. The zero-order valence-electron chi connectivity index (χ0n) is 20.2. The van der Waals surface area contributed by atoms with Crippen LogP contribution in [0.15, 0.2) is 0 Å². The summed E-state index contributed by atoms with van der Waals surface area (Å²) in [4.78, 5) is 16.5. The fourth-order valence-electron chi connectivity index (χ4n) is 9.09. The van der Waals surface area contributed by atoms with Crippen LogP contribution in [0.25, 0.3) is 0 Å². The van der Waals surface area contributed by atoms with Crippen molar-refractivity contribution < 1.29 is 4.79 Å². The normalized spacial score (nSPS) is 47.9. The lowest BCUT2D eigenvalue weighted by Crippen LogP contribution is -2.56. The SMILES string of the molecule is CC(=O)N(C)[C@@H](C)[C@@H]1CC[C@H]2[C@@H]3CC[C@H]4C[C@@H](N(C)C)CC[C@]4(C)[C@H]3CC[C@@]21C. The Labute approximate surface area is 180 Å². The number of nitrogens with zero attached hydrogens (tertiary/aromatic N) is 2. The molecule has 0 N–H and O–H groups in total. The fraction of sp³-hybridized carbons (Fsp3) is 0.962. The summed E-state index contributed by atoms with van der Waals surface area (Å²) in [5.74, 6) is 4.61. The molecule has 0 unspecified atom stereocenters. The van der Waals surface area contributed by atoms with Crippen molar-refractivity contribution in [3.05, 3.63) is 0 Å². The minimum Gasteiger partial charge on any atom is -0.343 e. The van der Waals surface area contributed by atoms with Gasteiger partial charge in [0.1, 0.15) is 0 Å². The predicted molar refractivity (Wildman–Crippen MR) is 121 cm³/mol. The lowest BCUT2D eigenvalue weighted by Gasteiger charge is -2.62. The molecule has 3 nitrogen and oxygen atoms in total. The van der Waals surface area contributed by atoms with Gasteiger partial charge in [-0.15, -0.1) is 0 Å². The average Bonchev–Trinajstić information content (AvgIpc) is 3.03. The van der Waals surface area contributed by atoms with Crippen LogP contribution < -0.4 is 0 Å². The highest BCUT2D eigenvalue weighted by molar-refractivity contribution is 5.73. The van der Waals surface area contributed by atoms with Gasteiger partial charge >= 0.3 is 0 Å². The lowest BCUT2D eigenvalue weighted by atomic mass is 9.44. The first kappa shape index (κ1) is 21.7. The number of rotatable bonds is 3. The van der Waals surface area contributed by atoms with Gasteiger partial charge in [0, 0.05) is 26.1 Å². The topological polar surface area (TPSA) is 23.6 Å². The van der Waals surface area contributed by atoms with E-state index in [4.69, 9.17) is 0 Å². The van der Waals surface area contributed by atoms with Crippen LogP contribution >= 0.6 is 0 Å². The molecule has 4 fully saturated rings. The predicted octanol–water partition coefficient (Wildman–Crippen LogP) is 5.44. The Kier molecular flexibility index (Phi) is 5.63. The molecule has 4 aliphatic rings. The first-order valence-corrected chi connectivity index (χ1v) is 12.5. The quantitative estimate of drug-likeness (QED) is 0.627. The van der Waals surface area contributed by atoms with Crippen LogP contribution in [0.1, 0.15) is 85.5 Å². The van der Waals surface area contributed by atoms with Gasteiger partial charge in [-0.25, -0.2) is 0 Å². The highest BCUT2D eigenvalue weighted by Gasteiger charge is 2.61. The van der Waals surface area contributed by atoms with Crippen LogP contribution in [0, 0.1) is 40.4 Å². The number of carbonyl (C=O) groups excluding carboxylic acids is 1. The largest absolute Gasteiger partial charge is 0.343 e. The van der Waals surface area contributed by atoms with Crippen LogP contribution in [0.2, 0.25) is 0 Å². The zero-order chi connectivity index (χ0) is 21.1. The van der Waals surface area contributed by atoms with Crippen molar-refractivity contribution in [2.24, 2.45) is 40.4 Å². The maximum Gasteiger partial charge on any atom is 0.219 e. The van der Waals surface area contributed by atoms with E-state index in [0.29, 0.717) is 22.8 Å². The summed E-state index contributed by atoms with van der Waals surface area (Å²) in [6.45, 7) is 9.33. The number of fused-ring (bicyclic) bond motifs is 5. The minimum absolute atomic E-state index is 0.226. The number of hydrogen-bond donors (Lipinski definition) is 0. The lowest BCUT2D eigenvalue weighted by molar-refractivity contribution is -0.135. The Morgan fingerprint density at radius 3 is 2.21 bits per heavy atom. The summed E-state index contributed by atoms with van der Waals surface area (Å²) < 4.78 is 0. The third-order valence-corrected chi connectivity index (χ3v) is 11.1. The molecule has 0 aromatic carbocycles. The molecular formula is C26H46N2O. The standard InChI is InChI=1S/C26H46N2O/c1-17(28(7)18(2)29)22-10-11-23-21-9-8-19-16-20(27(5)6)12-14-25(19,3)24(21)13-15-26(22,23)4/h17,19-24H,8-16H2,1-7H3/t17-,19-,20-,21-,22-,23-,24-,25-,26+/m0/s1. The van der Waals surface area contributed by atoms with Crippen LogP contribution in [-0.2, 0) is 4.79 Å². The first-order chi connectivity index (χ1) is 13.6. The van der Waals surface area contributed by atoms with Gasteiger partial charge < -0.3 is 9.80 Å². The molecule has 9 atom stereocenters. The van der Waals surface area contributed by atoms with Gasteiger partial charge in [-0.2, -0.15) is 0 Å². The maximum absolute atomic E-state index is 12.0. The van der Waals surface area contributed by atoms with E-state index in [-0.39, 0.29) is 5.91 Å². The Hall–Kier alpha value is -0.570. The van der Waals surface area contributed by atoms with Crippen molar-refractivity contribution in [1.82, 2.24) is 9.80 Å². The summed E-state index contributed by atoms with van der Waals surface area (Å²) in [6.07, 6.45) is 12.7. The smallest absolute Gasteiger partial charge is 0.219 e. The van der Waals surface area contributed by atoms with Crippen molar-refractivity contribution in [3.63, 3.8) is 0 Å². The molecular weight excluding hydrogens is 356 g/mol. The second-order valence-corrected chi connectivity index (χ2v) is 12.1. The Morgan fingerprint density at radius 1 is 0.897 bits per heavy atom. The number of carbonyl (C=O) groups is 1. The van der Waals surface area contributed by atoms with Gasteiger partial charge in [-0.3, -0.25) is 4.79 Å². The van der Waals surface area contributed by atoms with Gasteiger partial charge in [0.2, 0.25) is 5.91 Å².